The standard InChI is InChI=1S/C13H18O/c1-3-12(14)13(2)9-11(13)10-7-5-4-6-8-10/h4-8,11-12,14H,3,9H2,1-2H3/t11-,12-,13+/m0/s1. The van der Waals surface area contributed by atoms with Gasteiger partial charge in [-0.3, -0.25) is 0 Å². The smallest absolute Gasteiger partial charge is 0.0597 e. The Bertz CT molecular complexity index is 306. The van der Waals surface area contributed by atoms with E-state index in [0.717, 1.165) is 12.8 Å². The molecule has 14 heavy (non-hydrogen) atoms. The van der Waals surface area contributed by atoms with Gasteiger partial charge in [-0.05, 0) is 24.3 Å². The second-order valence-corrected chi connectivity index (χ2v) is 4.60. The molecule has 1 heteroatoms. The minimum absolute atomic E-state index is 0.135. The Hall–Kier alpha value is -0.820. The van der Waals surface area contributed by atoms with Crippen molar-refractivity contribution in [2.24, 2.45) is 5.41 Å². The molecule has 0 radical (unpaired) electrons. The van der Waals surface area contributed by atoms with E-state index in [2.05, 4.69) is 38.1 Å². The monoisotopic (exact) mass is 190 g/mol. The van der Waals surface area contributed by atoms with Crippen molar-refractivity contribution in [1.29, 1.82) is 0 Å². The predicted molar refractivity (Wildman–Crippen MR) is 58.2 cm³/mol. The van der Waals surface area contributed by atoms with Gasteiger partial charge in [0.15, 0.2) is 0 Å². The average molecular weight is 190 g/mol. The van der Waals surface area contributed by atoms with Gasteiger partial charge in [0, 0.05) is 5.41 Å². The van der Waals surface area contributed by atoms with Crippen molar-refractivity contribution in [1.82, 2.24) is 0 Å². The lowest BCUT2D eigenvalue weighted by Gasteiger charge is -2.17. The van der Waals surface area contributed by atoms with Crippen LogP contribution in [0, 0.1) is 5.41 Å². The van der Waals surface area contributed by atoms with Crippen LogP contribution in [0.5, 0.6) is 0 Å². The molecular formula is C13H18O. The molecule has 76 valence electrons. The maximum absolute atomic E-state index is 9.89. The van der Waals surface area contributed by atoms with Crippen LogP contribution in [0.3, 0.4) is 0 Å². The first-order valence-corrected chi connectivity index (χ1v) is 5.41. The van der Waals surface area contributed by atoms with Crippen LogP contribution >= 0.6 is 0 Å². The van der Waals surface area contributed by atoms with Gasteiger partial charge in [0.2, 0.25) is 0 Å². The lowest BCUT2D eigenvalue weighted by atomic mass is 9.93. The summed E-state index contributed by atoms with van der Waals surface area (Å²) in [7, 11) is 0. The molecule has 0 amide bonds. The molecule has 1 aliphatic carbocycles. The van der Waals surface area contributed by atoms with Crippen LogP contribution in [0.15, 0.2) is 30.3 Å². The largest absolute Gasteiger partial charge is 0.393 e. The molecule has 0 unspecified atom stereocenters. The quantitative estimate of drug-likeness (QED) is 0.777. The van der Waals surface area contributed by atoms with Gasteiger partial charge in [-0.15, -0.1) is 0 Å². The molecule has 1 aliphatic rings. The first kappa shape index (κ1) is 9.72. The first-order chi connectivity index (χ1) is 6.68. The van der Waals surface area contributed by atoms with E-state index in [9.17, 15) is 5.11 Å². The van der Waals surface area contributed by atoms with Crippen LogP contribution < -0.4 is 0 Å². The normalized spacial score (nSPS) is 32.6. The van der Waals surface area contributed by atoms with Crippen molar-refractivity contribution in [3.63, 3.8) is 0 Å². The molecule has 1 aromatic rings. The van der Waals surface area contributed by atoms with E-state index in [1.165, 1.54) is 5.56 Å². The second kappa shape index (κ2) is 3.39. The van der Waals surface area contributed by atoms with E-state index in [0.29, 0.717) is 5.92 Å². The van der Waals surface area contributed by atoms with Crippen LogP contribution in [-0.4, -0.2) is 11.2 Å². The van der Waals surface area contributed by atoms with Crippen LogP contribution in [0.1, 0.15) is 38.2 Å². The third-order valence-corrected chi connectivity index (χ3v) is 3.63. The highest BCUT2D eigenvalue weighted by Crippen LogP contribution is 2.61. The van der Waals surface area contributed by atoms with E-state index in [1.54, 1.807) is 0 Å². The van der Waals surface area contributed by atoms with E-state index < -0.39 is 0 Å². The van der Waals surface area contributed by atoms with Crippen molar-refractivity contribution in [2.45, 2.75) is 38.7 Å². The van der Waals surface area contributed by atoms with Gasteiger partial charge in [-0.1, -0.05) is 44.2 Å². The van der Waals surface area contributed by atoms with Crippen molar-refractivity contribution in [3.8, 4) is 0 Å². The fourth-order valence-corrected chi connectivity index (χ4v) is 2.40. The molecule has 1 nitrogen and oxygen atoms in total. The molecule has 3 atom stereocenters. The molecule has 0 bridgehead atoms. The Balaban J connectivity index is 2.12. The fraction of sp³-hybridized carbons (Fsp3) is 0.538. The lowest BCUT2D eigenvalue weighted by Crippen LogP contribution is -2.19. The van der Waals surface area contributed by atoms with Crippen LogP contribution in [0.2, 0.25) is 0 Å². The number of hydrogen-bond acceptors (Lipinski definition) is 1. The average Bonchev–Trinajstić information content (AvgIpc) is 2.92. The third-order valence-electron chi connectivity index (χ3n) is 3.63. The summed E-state index contributed by atoms with van der Waals surface area (Å²) in [5.74, 6) is 0.568. The fourth-order valence-electron chi connectivity index (χ4n) is 2.40. The van der Waals surface area contributed by atoms with Crippen molar-refractivity contribution in [2.75, 3.05) is 0 Å². The summed E-state index contributed by atoms with van der Waals surface area (Å²) in [6.45, 7) is 4.25. The highest BCUT2D eigenvalue weighted by Gasteiger charge is 2.54. The lowest BCUT2D eigenvalue weighted by molar-refractivity contribution is 0.0955. The van der Waals surface area contributed by atoms with Crippen molar-refractivity contribution >= 4 is 0 Å². The zero-order valence-corrected chi connectivity index (χ0v) is 8.90. The van der Waals surface area contributed by atoms with Gasteiger partial charge in [0.1, 0.15) is 0 Å². The molecule has 0 aliphatic heterocycles. The summed E-state index contributed by atoms with van der Waals surface area (Å²) >= 11 is 0. The first-order valence-electron chi connectivity index (χ1n) is 5.41. The minimum atomic E-state index is -0.146. The van der Waals surface area contributed by atoms with Gasteiger partial charge in [0.25, 0.3) is 0 Å². The Labute approximate surface area is 85.8 Å². The second-order valence-electron chi connectivity index (χ2n) is 4.60. The molecule has 0 aromatic heterocycles. The molecule has 1 fully saturated rings. The molecule has 1 saturated carbocycles. The van der Waals surface area contributed by atoms with Gasteiger partial charge < -0.3 is 5.11 Å². The number of rotatable bonds is 3. The summed E-state index contributed by atoms with van der Waals surface area (Å²) < 4.78 is 0. The zero-order chi connectivity index (χ0) is 10.2. The molecule has 1 N–H and O–H groups in total. The van der Waals surface area contributed by atoms with Gasteiger partial charge in [-0.25, -0.2) is 0 Å². The van der Waals surface area contributed by atoms with E-state index in [-0.39, 0.29) is 11.5 Å². The number of benzene rings is 1. The van der Waals surface area contributed by atoms with E-state index in [1.807, 2.05) is 6.07 Å². The third kappa shape index (κ3) is 1.46. The summed E-state index contributed by atoms with van der Waals surface area (Å²) in [5.41, 5.74) is 1.51. The summed E-state index contributed by atoms with van der Waals surface area (Å²) in [6.07, 6.45) is 1.85. The topological polar surface area (TPSA) is 20.2 Å². The van der Waals surface area contributed by atoms with Crippen LogP contribution in [0.25, 0.3) is 0 Å². The van der Waals surface area contributed by atoms with Crippen molar-refractivity contribution in [3.05, 3.63) is 35.9 Å². The maximum Gasteiger partial charge on any atom is 0.0597 e. The summed E-state index contributed by atoms with van der Waals surface area (Å²) in [5, 5.41) is 9.89. The van der Waals surface area contributed by atoms with Crippen LogP contribution in [0.4, 0.5) is 0 Å². The molecule has 0 spiro atoms. The highest BCUT2D eigenvalue weighted by atomic mass is 16.3. The number of aliphatic hydroxyl groups is 1. The van der Waals surface area contributed by atoms with Crippen molar-refractivity contribution < 1.29 is 5.11 Å². The van der Waals surface area contributed by atoms with Gasteiger partial charge in [0.05, 0.1) is 6.10 Å². The maximum atomic E-state index is 9.89. The molecule has 2 rings (SSSR count). The Morgan fingerprint density at radius 1 is 1.43 bits per heavy atom. The van der Waals surface area contributed by atoms with Gasteiger partial charge >= 0.3 is 0 Å². The molecule has 0 heterocycles. The predicted octanol–water partition coefficient (Wildman–Crippen LogP) is 2.95. The SMILES string of the molecule is CC[C@H](O)[C@]1(C)C[C@H]1c1ccccc1. The summed E-state index contributed by atoms with van der Waals surface area (Å²) in [4.78, 5) is 0. The Morgan fingerprint density at radius 3 is 2.64 bits per heavy atom. The minimum Gasteiger partial charge on any atom is -0.393 e. The zero-order valence-electron chi connectivity index (χ0n) is 8.90. The van der Waals surface area contributed by atoms with E-state index >= 15 is 0 Å². The Morgan fingerprint density at radius 2 is 2.07 bits per heavy atom. The molecular weight excluding hydrogens is 172 g/mol. The van der Waals surface area contributed by atoms with Crippen LogP contribution in [-0.2, 0) is 0 Å². The van der Waals surface area contributed by atoms with Gasteiger partial charge in [-0.2, -0.15) is 0 Å². The number of aliphatic hydroxyl groups excluding tert-OH is 1. The molecule has 1 aromatic carbocycles. The number of hydrogen-bond donors (Lipinski definition) is 1. The van der Waals surface area contributed by atoms with E-state index in [4.69, 9.17) is 0 Å². The highest BCUT2D eigenvalue weighted by molar-refractivity contribution is 5.30. The molecule has 0 saturated heterocycles. The summed E-state index contributed by atoms with van der Waals surface area (Å²) in [6, 6.07) is 10.5. The Kier molecular flexibility index (Phi) is 2.36.